The summed E-state index contributed by atoms with van der Waals surface area (Å²) < 4.78 is 9.34. The third-order valence-corrected chi connectivity index (χ3v) is 4.64. The Morgan fingerprint density at radius 3 is 2.26 bits per heavy atom. The van der Waals surface area contributed by atoms with E-state index in [0.717, 1.165) is 12.8 Å². The number of nitriles is 2. The van der Waals surface area contributed by atoms with E-state index in [1.54, 1.807) is 6.26 Å². The average molecular weight is 334 g/mol. The van der Waals surface area contributed by atoms with E-state index < -0.39 is 11.9 Å². The molecule has 122 valence electrons. The second kappa shape index (κ2) is 9.02. The van der Waals surface area contributed by atoms with Gasteiger partial charge >= 0.3 is 11.9 Å². The highest BCUT2D eigenvalue weighted by atomic mass is 32.2. The number of carbonyl (C=O) groups is 2. The van der Waals surface area contributed by atoms with Crippen LogP contribution in [0.3, 0.4) is 0 Å². The summed E-state index contributed by atoms with van der Waals surface area (Å²) in [6, 6.07) is 3.79. The molecule has 0 aliphatic heterocycles. The van der Waals surface area contributed by atoms with E-state index in [0.29, 0.717) is 23.3 Å². The third-order valence-electron chi connectivity index (χ3n) is 3.72. The monoisotopic (exact) mass is 334 g/mol. The summed E-state index contributed by atoms with van der Waals surface area (Å²) in [7, 11) is 2.43. The third kappa shape index (κ3) is 4.14. The second-order valence-corrected chi connectivity index (χ2v) is 5.70. The molecule has 1 atom stereocenters. The number of thioether (sulfide) groups is 1. The largest absolute Gasteiger partial charge is 0.465 e. The van der Waals surface area contributed by atoms with E-state index in [4.69, 9.17) is 0 Å². The van der Waals surface area contributed by atoms with E-state index in [-0.39, 0.29) is 17.1 Å². The van der Waals surface area contributed by atoms with Crippen LogP contribution in [-0.4, -0.2) is 32.4 Å². The molecule has 0 spiro atoms. The Balaban J connectivity index is 3.51. The molecule has 0 saturated heterocycles. The Morgan fingerprint density at radius 2 is 1.78 bits per heavy atom. The topological polar surface area (TPSA) is 100 Å². The Labute approximate surface area is 139 Å². The van der Waals surface area contributed by atoms with Crippen LogP contribution in [0.15, 0.2) is 21.6 Å². The molecule has 23 heavy (non-hydrogen) atoms. The number of methoxy groups -OCH3 is 2. The smallest absolute Gasteiger partial charge is 0.349 e. The lowest BCUT2D eigenvalue weighted by Gasteiger charge is -2.28. The average Bonchev–Trinajstić information content (AvgIpc) is 2.59. The Hall–Kier alpha value is -2.25. The van der Waals surface area contributed by atoms with Gasteiger partial charge < -0.3 is 9.47 Å². The van der Waals surface area contributed by atoms with Crippen LogP contribution < -0.4 is 0 Å². The summed E-state index contributed by atoms with van der Waals surface area (Å²) in [6.45, 7) is 0. The van der Waals surface area contributed by atoms with Crippen molar-refractivity contribution in [3.05, 3.63) is 21.6 Å². The van der Waals surface area contributed by atoms with Gasteiger partial charge in [0.25, 0.3) is 0 Å². The van der Waals surface area contributed by atoms with Crippen LogP contribution in [0.25, 0.3) is 0 Å². The van der Waals surface area contributed by atoms with Gasteiger partial charge in [0, 0.05) is 10.8 Å². The van der Waals surface area contributed by atoms with E-state index in [9.17, 15) is 20.1 Å². The molecule has 1 aliphatic rings. The SMILES string of the molecule is COC(=O)C(C#N)=C1CCCCC1C(SC)=C(C#N)C(=O)OC. The minimum atomic E-state index is -0.710. The summed E-state index contributed by atoms with van der Waals surface area (Å²) >= 11 is 1.26. The number of allylic oxidation sites excluding steroid dienone is 2. The number of rotatable bonds is 4. The van der Waals surface area contributed by atoms with Gasteiger partial charge in [-0.25, -0.2) is 9.59 Å². The highest BCUT2D eigenvalue weighted by Crippen LogP contribution is 2.41. The quantitative estimate of drug-likeness (QED) is 0.442. The highest BCUT2D eigenvalue weighted by Gasteiger charge is 2.31. The van der Waals surface area contributed by atoms with Crippen LogP contribution in [0.5, 0.6) is 0 Å². The Kier molecular flexibility index (Phi) is 7.37. The lowest BCUT2D eigenvalue weighted by Crippen LogP contribution is -2.20. The molecular formula is C16H18N2O4S. The predicted octanol–water partition coefficient (Wildman–Crippen LogP) is 2.48. The molecule has 0 radical (unpaired) electrons. The molecule has 1 unspecified atom stereocenters. The zero-order valence-electron chi connectivity index (χ0n) is 13.3. The van der Waals surface area contributed by atoms with Gasteiger partial charge in [0.2, 0.25) is 0 Å². The molecular weight excluding hydrogens is 316 g/mol. The van der Waals surface area contributed by atoms with Gasteiger partial charge in [-0.2, -0.15) is 10.5 Å². The molecule has 0 aromatic carbocycles. The van der Waals surface area contributed by atoms with Crippen molar-refractivity contribution in [2.45, 2.75) is 25.7 Å². The Morgan fingerprint density at radius 1 is 1.13 bits per heavy atom. The molecule has 1 aliphatic carbocycles. The second-order valence-electron chi connectivity index (χ2n) is 4.85. The first kappa shape index (κ1) is 18.8. The van der Waals surface area contributed by atoms with Crippen LogP contribution in [-0.2, 0) is 19.1 Å². The van der Waals surface area contributed by atoms with Gasteiger partial charge in [-0.1, -0.05) is 6.42 Å². The fourth-order valence-electron chi connectivity index (χ4n) is 2.67. The fraction of sp³-hybridized carbons (Fsp3) is 0.500. The summed E-state index contributed by atoms with van der Waals surface area (Å²) in [6.07, 6.45) is 4.71. The molecule has 1 saturated carbocycles. The van der Waals surface area contributed by atoms with E-state index in [1.807, 2.05) is 12.1 Å². The number of esters is 2. The predicted molar refractivity (Wildman–Crippen MR) is 84.8 cm³/mol. The van der Waals surface area contributed by atoms with Crippen molar-refractivity contribution in [3.63, 3.8) is 0 Å². The van der Waals surface area contributed by atoms with Gasteiger partial charge in [0.1, 0.15) is 23.3 Å². The molecule has 0 aromatic heterocycles. The highest BCUT2D eigenvalue weighted by molar-refractivity contribution is 8.02. The number of nitrogens with zero attached hydrogens (tertiary/aromatic N) is 2. The first-order chi connectivity index (χ1) is 11.0. The van der Waals surface area contributed by atoms with E-state index in [1.165, 1.54) is 26.0 Å². The van der Waals surface area contributed by atoms with E-state index >= 15 is 0 Å². The van der Waals surface area contributed by atoms with Crippen molar-refractivity contribution in [2.24, 2.45) is 5.92 Å². The van der Waals surface area contributed by atoms with Crippen molar-refractivity contribution < 1.29 is 19.1 Å². The molecule has 1 rings (SSSR count). The van der Waals surface area contributed by atoms with Crippen LogP contribution in [0.4, 0.5) is 0 Å². The first-order valence-electron chi connectivity index (χ1n) is 7.03. The number of carbonyl (C=O) groups excluding carboxylic acids is 2. The van der Waals surface area contributed by atoms with Crippen molar-refractivity contribution in [1.82, 2.24) is 0 Å². The zero-order chi connectivity index (χ0) is 17.4. The van der Waals surface area contributed by atoms with Crippen LogP contribution >= 0.6 is 11.8 Å². The summed E-state index contributed by atoms with van der Waals surface area (Å²) in [4.78, 5) is 24.2. The number of hydrogen-bond acceptors (Lipinski definition) is 7. The molecule has 0 heterocycles. The van der Waals surface area contributed by atoms with Gasteiger partial charge in [0.15, 0.2) is 0 Å². The Bertz CT molecular complexity index is 593. The summed E-state index contributed by atoms with van der Waals surface area (Å²) in [5, 5.41) is 18.6. The molecule has 0 N–H and O–H groups in total. The first-order valence-corrected chi connectivity index (χ1v) is 8.26. The van der Waals surface area contributed by atoms with Gasteiger partial charge in [-0.15, -0.1) is 11.8 Å². The maximum Gasteiger partial charge on any atom is 0.349 e. The van der Waals surface area contributed by atoms with Gasteiger partial charge in [-0.05, 0) is 31.1 Å². The lowest BCUT2D eigenvalue weighted by atomic mass is 9.80. The van der Waals surface area contributed by atoms with Gasteiger partial charge in [-0.3, -0.25) is 0 Å². The fourth-order valence-corrected chi connectivity index (χ4v) is 3.55. The van der Waals surface area contributed by atoms with Crippen molar-refractivity contribution in [2.75, 3.05) is 20.5 Å². The molecule has 0 bridgehead atoms. The maximum absolute atomic E-state index is 11.8. The van der Waals surface area contributed by atoms with Crippen LogP contribution in [0.2, 0.25) is 0 Å². The van der Waals surface area contributed by atoms with Crippen molar-refractivity contribution in [3.8, 4) is 12.1 Å². The molecule has 0 aromatic rings. The van der Waals surface area contributed by atoms with Crippen LogP contribution in [0.1, 0.15) is 25.7 Å². The lowest BCUT2D eigenvalue weighted by molar-refractivity contribution is -0.136. The van der Waals surface area contributed by atoms with Crippen molar-refractivity contribution >= 4 is 23.7 Å². The number of ether oxygens (including phenoxy) is 2. The van der Waals surface area contributed by atoms with Crippen molar-refractivity contribution in [1.29, 1.82) is 10.5 Å². The minimum absolute atomic E-state index is 0.0362. The molecule has 1 fully saturated rings. The summed E-state index contributed by atoms with van der Waals surface area (Å²) in [5.41, 5.74) is 0.518. The molecule has 6 nitrogen and oxygen atoms in total. The minimum Gasteiger partial charge on any atom is -0.465 e. The zero-order valence-corrected chi connectivity index (χ0v) is 14.2. The normalized spacial score (nSPS) is 20.5. The van der Waals surface area contributed by atoms with Gasteiger partial charge in [0.05, 0.1) is 14.2 Å². The summed E-state index contributed by atoms with van der Waals surface area (Å²) in [5.74, 6) is -1.72. The molecule has 0 amide bonds. The standard InChI is InChI=1S/C16H18N2O4S/c1-21-15(19)12(8-17)10-6-4-5-7-11(10)14(23-3)13(9-18)16(20)22-2/h11H,4-7H2,1-3H3. The van der Waals surface area contributed by atoms with E-state index in [2.05, 4.69) is 9.47 Å². The van der Waals surface area contributed by atoms with Crippen LogP contribution in [0, 0.1) is 28.6 Å². The number of hydrogen-bond donors (Lipinski definition) is 0. The molecule has 7 heteroatoms. The maximum atomic E-state index is 11.8.